The fourth-order valence-electron chi connectivity index (χ4n) is 3.42. The van der Waals surface area contributed by atoms with Crippen molar-refractivity contribution in [2.45, 2.75) is 12.1 Å². The van der Waals surface area contributed by atoms with Gasteiger partial charge in [0.05, 0.1) is 23.6 Å². The molecule has 0 saturated carbocycles. The van der Waals surface area contributed by atoms with E-state index in [-0.39, 0.29) is 23.3 Å². The molecule has 2 amide bonds. The Balaban J connectivity index is 1.86. The highest BCUT2D eigenvalue weighted by Gasteiger charge is 2.44. The van der Waals surface area contributed by atoms with Crippen LogP contribution in [0.25, 0.3) is 0 Å². The van der Waals surface area contributed by atoms with Crippen LogP contribution >= 0.6 is 0 Å². The molecule has 0 unspecified atom stereocenters. The van der Waals surface area contributed by atoms with Gasteiger partial charge in [-0.15, -0.1) is 0 Å². The molecule has 3 rings (SSSR count). The van der Waals surface area contributed by atoms with Crippen molar-refractivity contribution in [2.24, 2.45) is 0 Å². The second kappa shape index (κ2) is 7.52. The Morgan fingerprint density at radius 3 is 1.41 bits per heavy atom. The van der Waals surface area contributed by atoms with Crippen LogP contribution < -0.4 is 0 Å². The van der Waals surface area contributed by atoms with Crippen molar-refractivity contribution in [3.05, 3.63) is 71.8 Å². The Kier molecular flexibility index (Phi) is 5.32. The third kappa shape index (κ3) is 4.03. The molecule has 27 heavy (non-hydrogen) atoms. The van der Waals surface area contributed by atoms with E-state index < -0.39 is 21.9 Å². The van der Waals surface area contributed by atoms with Crippen LogP contribution in [-0.4, -0.2) is 67.7 Å². The van der Waals surface area contributed by atoms with E-state index in [1.54, 1.807) is 62.6 Å². The fourth-order valence-corrected chi connectivity index (χ4v) is 5.49. The average Bonchev–Trinajstić information content (AvgIpc) is 3.02. The van der Waals surface area contributed by atoms with Crippen molar-refractivity contribution in [3.8, 4) is 0 Å². The van der Waals surface area contributed by atoms with Crippen LogP contribution in [-0.2, 0) is 9.84 Å². The van der Waals surface area contributed by atoms with Crippen molar-refractivity contribution in [2.75, 3.05) is 25.6 Å². The maximum atomic E-state index is 12.8. The minimum atomic E-state index is -3.35. The Labute approximate surface area is 159 Å². The minimum Gasteiger partial charge on any atom is -0.336 e. The minimum absolute atomic E-state index is 0.154. The Morgan fingerprint density at radius 2 is 1.07 bits per heavy atom. The van der Waals surface area contributed by atoms with E-state index in [0.29, 0.717) is 11.1 Å². The van der Waals surface area contributed by atoms with Gasteiger partial charge in [0.1, 0.15) is 0 Å². The second-order valence-electron chi connectivity index (χ2n) is 6.78. The first-order chi connectivity index (χ1) is 12.8. The van der Waals surface area contributed by atoms with E-state index in [4.69, 9.17) is 0 Å². The normalized spacial score (nSPS) is 20.8. The molecule has 2 atom stereocenters. The number of carbonyl (C=O) groups is 2. The zero-order valence-corrected chi connectivity index (χ0v) is 16.1. The monoisotopic (exact) mass is 386 g/mol. The van der Waals surface area contributed by atoms with Crippen LogP contribution in [0.3, 0.4) is 0 Å². The first kappa shape index (κ1) is 19.1. The fraction of sp³-hybridized carbons (Fsp3) is 0.300. The molecule has 6 nitrogen and oxygen atoms in total. The van der Waals surface area contributed by atoms with Gasteiger partial charge in [-0.2, -0.15) is 0 Å². The molecule has 1 fully saturated rings. The van der Waals surface area contributed by atoms with Crippen molar-refractivity contribution >= 4 is 21.7 Å². The SMILES string of the molecule is CN(C(=O)c1ccccc1)[C@H]1CS(=O)(=O)C[C@@H]1N(C)C(=O)c1ccccc1. The molecule has 0 bridgehead atoms. The second-order valence-corrected chi connectivity index (χ2v) is 8.93. The number of hydrogen-bond donors (Lipinski definition) is 0. The maximum absolute atomic E-state index is 12.8. The smallest absolute Gasteiger partial charge is 0.253 e. The molecule has 0 N–H and O–H groups in total. The largest absolute Gasteiger partial charge is 0.336 e. The van der Waals surface area contributed by atoms with Crippen LogP contribution in [0.1, 0.15) is 20.7 Å². The summed E-state index contributed by atoms with van der Waals surface area (Å²) in [4.78, 5) is 28.4. The Hall–Kier alpha value is -2.67. The lowest BCUT2D eigenvalue weighted by Crippen LogP contribution is -2.52. The number of carbonyl (C=O) groups excluding carboxylic acids is 2. The summed E-state index contributed by atoms with van der Waals surface area (Å²) >= 11 is 0. The van der Waals surface area contributed by atoms with E-state index in [1.807, 2.05) is 12.1 Å². The van der Waals surface area contributed by atoms with Crippen LogP contribution in [0.15, 0.2) is 60.7 Å². The standard InChI is InChI=1S/C20H22N2O4S/c1-21(19(23)15-9-5-3-6-10-15)17-13-27(25,26)14-18(17)22(2)20(24)16-11-7-4-8-12-16/h3-12,17-18H,13-14H2,1-2H3/t17-,18-/m0/s1. The van der Waals surface area contributed by atoms with Gasteiger partial charge < -0.3 is 9.80 Å². The summed E-state index contributed by atoms with van der Waals surface area (Å²) in [5.41, 5.74) is 0.972. The molecule has 1 aliphatic rings. The topological polar surface area (TPSA) is 74.8 Å². The maximum Gasteiger partial charge on any atom is 0.253 e. The van der Waals surface area contributed by atoms with Gasteiger partial charge in [0.15, 0.2) is 9.84 Å². The third-order valence-corrected chi connectivity index (χ3v) is 6.67. The number of benzene rings is 2. The molecular weight excluding hydrogens is 364 g/mol. The first-order valence-corrected chi connectivity index (χ1v) is 10.5. The lowest BCUT2D eigenvalue weighted by molar-refractivity contribution is 0.0579. The average molecular weight is 386 g/mol. The predicted octanol–water partition coefficient (Wildman–Crippen LogP) is 1.70. The molecule has 1 saturated heterocycles. The third-order valence-electron chi connectivity index (χ3n) is 4.97. The van der Waals surface area contributed by atoms with Crippen LogP contribution in [0.4, 0.5) is 0 Å². The van der Waals surface area contributed by atoms with Gasteiger partial charge in [0.25, 0.3) is 11.8 Å². The first-order valence-electron chi connectivity index (χ1n) is 8.65. The molecule has 2 aromatic carbocycles. The van der Waals surface area contributed by atoms with Crippen LogP contribution in [0.5, 0.6) is 0 Å². The number of hydrogen-bond acceptors (Lipinski definition) is 4. The zero-order valence-electron chi connectivity index (χ0n) is 15.3. The lowest BCUT2D eigenvalue weighted by Gasteiger charge is -2.34. The summed E-state index contributed by atoms with van der Waals surface area (Å²) in [5.74, 6) is -0.829. The van der Waals surface area contributed by atoms with E-state index in [1.165, 1.54) is 9.80 Å². The summed E-state index contributed by atoms with van der Waals surface area (Å²) in [6.45, 7) is 0. The molecule has 2 aromatic rings. The Bertz CT molecular complexity index is 857. The molecular formula is C20H22N2O4S. The van der Waals surface area contributed by atoms with E-state index in [0.717, 1.165) is 0 Å². The van der Waals surface area contributed by atoms with Gasteiger partial charge in [0.2, 0.25) is 0 Å². The van der Waals surface area contributed by atoms with Gasteiger partial charge in [-0.05, 0) is 24.3 Å². The Morgan fingerprint density at radius 1 is 0.741 bits per heavy atom. The molecule has 1 heterocycles. The molecule has 0 aromatic heterocycles. The van der Waals surface area contributed by atoms with Gasteiger partial charge in [-0.1, -0.05) is 36.4 Å². The highest BCUT2D eigenvalue weighted by molar-refractivity contribution is 7.91. The van der Waals surface area contributed by atoms with E-state index in [9.17, 15) is 18.0 Å². The summed E-state index contributed by atoms with van der Waals surface area (Å²) in [6.07, 6.45) is 0. The summed E-state index contributed by atoms with van der Waals surface area (Å²) in [7, 11) is -0.170. The highest BCUT2D eigenvalue weighted by atomic mass is 32.2. The molecule has 0 aliphatic carbocycles. The quantitative estimate of drug-likeness (QED) is 0.802. The highest BCUT2D eigenvalue weighted by Crippen LogP contribution is 2.24. The van der Waals surface area contributed by atoms with Crippen molar-refractivity contribution in [1.82, 2.24) is 9.80 Å². The van der Waals surface area contributed by atoms with E-state index >= 15 is 0 Å². The van der Waals surface area contributed by atoms with Gasteiger partial charge in [0, 0.05) is 25.2 Å². The molecule has 0 radical (unpaired) electrons. The van der Waals surface area contributed by atoms with Gasteiger partial charge >= 0.3 is 0 Å². The molecule has 142 valence electrons. The number of sulfone groups is 1. The zero-order chi connectivity index (χ0) is 19.6. The predicted molar refractivity (Wildman–Crippen MR) is 103 cm³/mol. The number of amides is 2. The molecule has 1 aliphatic heterocycles. The van der Waals surface area contributed by atoms with Crippen molar-refractivity contribution < 1.29 is 18.0 Å². The summed E-state index contributed by atoms with van der Waals surface area (Å²) < 4.78 is 24.6. The number of nitrogens with zero attached hydrogens (tertiary/aromatic N) is 2. The van der Waals surface area contributed by atoms with Crippen molar-refractivity contribution in [3.63, 3.8) is 0 Å². The van der Waals surface area contributed by atoms with E-state index in [2.05, 4.69) is 0 Å². The lowest BCUT2D eigenvalue weighted by atomic mass is 10.1. The summed E-state index contributed by atoms with van der Waals surface area (Å²) in [6, 6.07) is 16.2. The molecule has 7 heteroatoms. The summed E-state index contributed by atoms with van der Waals surface area (Å²) in [5, 5.41) is 0. The van der Waals surface area contributed by atoms with Crippen LogP contribution in [0.2, 0.25) is 0 Å². The molecule has 0 spiro atoms. The number of rotatable bonds is 4. The van der Waals surface area contributed by atoms with Crippen molar-refractivity contribution in [1.29, 1.82) is 0 Å². The number of likely N-dealkylation sites (N-methyl/N-ethyl adjacent to an activating group) is 2. The van der Waals surface area contributed by atoms with Crippen LogP contribution in [0, 0.1) is 0 Å². The van der Waals surface area contributed by atoms with Gasteiger partial charge in [-0.3, -0.25) is 9.59 Å². The van der Waals surface area contributed by atoms with Gasteiger partial charge in [-0.25, -0.2) is 8.42 Å².